The van der Waals surface area contributed by atoms with Gasteiger partial charge in [-0.1, -0.05) is 0 Å². The van der Waals surface area contributed by atoms with Gasteiger partial charge in [0, 0.05) is 19.4 Å². The number of esters is 1. The Hall–Kier alpha value is -1.43. The number of carbonyl (C=O) groups excluding carboxylic acids is 3. The van der Waals surface area contributed by atoms with E-state index in [2.05, 4.69) is 10.1 Å². The van der Waals surface area contributed by atoms with Crippen molar-refractivity contribution in [3.8, 4) is 0 Å². The monoisotopic (exact) mass is 228 g/mol. The highest BCUT2D eigenvalue weighted by atomic mass is 16.5. The van der Waals surface area contributed by atoms with E-state index in [1.54, 1.807) is 7.05 Å². The Bertz CT molecular complexity index is 287. The average molecular weight is 228 g/mol. The lowest BCUT2D eigenvalue weighted by Crippen LogP contribution is -2.40. The van der Waals surface area contributed by atoms with Gasteiger partial charge in [-0.25, -0.2) is 0 Å². The van der Waals surface area contributed by atoms with Crippen LogP contribution in [0.15, 0.2) is 0 Å². The number of likely N-dealkylation sites (tertiary alicyclic amines) is 1. The molecule has 0 spiro atoms. The molecule has 0 aromatic rings. The number of methoxy groups -OCH3 is 1. The van der Waals surface area contributed by atoms with Crippen molar-refractivity contribution in [1.29, 1.82) is 0 Å². The van der Waals surface area contributed by atoms with E-state index >= 15 is 0 Å². The second-order valence-electron chi connectivity index (χ2n) is 3.59. The topological polar surface area (TPSA) is 75.7 Å². The molecular formula is C10H16N2O4. The molecule has 6 nitrogen and oxygen atoms in total. The molecule has 1 atom stereocenters. The van der Waals surface area contributed by atoms with Gasteiger partial charge in [0.2, 0.25) is 11.8 Å². The van der Waals surface area contributed by atoms with Crippen LogP contribution in [-0.2, 0) is 19.1 Å². The van der Waals surface area contributed by atoms with Crippen LogP contribution in [0.3, 0.4) is 0 Å². The second kappa shape index (κ2) is 5.60. The third-order valence-electron chi connectivity index (χ3n) is 2.63. The summed E-state index contributed by atoms with van der Waals surface area (Å²) in [6.45, 7) is 0.262. The van der Waals surface area contributed by atoms with E-state index in [1.165, 1.54) is 12.0 Å². The van der Waals surface area contributed by atoms with Crippen LogP contribution in [0.25, 0.3) is 0 Å². The van der Waals surface area contributed by atoms with Crippen molar-refractivity contribution in [2.24, 2.45) is 0 Å². The SMILES string of the molecule is CNC(CCN1C(=O)CCC1=O)C(=O)OC. The molecule has 2 amide bonds. The van der Waals surface area contributed by atoms with Crippen LogP contribution in [-0.4, -0.2) is 49.4 Å². The molecule has 6 heteroatoms. The summed E-state index contributed by atoms with van der Waals surface area (Å²) in [4.78, 5) is 35.0. The summed E-state index contributed by atoms with van der Waals surface area (Å²) in [5, 5.41) is 2.78. The van der Waals surface area contributed by atoms with Crippen LogP contribution in [0.5, 0.6) is 0 Å². The fourth-order valence-corrected chi connectivity index (χ4v) is 1.65. The number of imide groups is 1. The van der Waals surface area contributed by atoms with E-state index in [0.717, 1.165) is 0 Å². The minimum atomic E-state index is -0.480. The summed E-state index contributed by atoms with van der Waals surface area (Å²) in [6.07, 6.45) is 0.934. The molecule has 1 aliphatic heterocycles. The van der Waals surface area contributed by atoms with Crippen molar-refractivity contribution in [3.63, 3.8) is 0 Å². The molecule has 1 aliphatic rings. The Balaban J connectivity index is 2.46. The summed E-state index contributed by atoms with van der Waals surface area (Å²) in [7, 11) is 2.94. The van der Waals surface area contributed by atoms with Crippen LogP contribution in [0.1, 0.15) is 19.3 Å². The molecular weight excluding hydrogens is 212 g/mol. The van der Waals surface area contributed by atoms with Crippen LogP contribution < -0.4 is 5.32 Å². The highest BCUT2D eigenvalue weighted by Gasteiger charge is 2.29. The lowest BCUT2D eigenvalue weighted by Gasteiger charge is -2.18. The molecule has 1 saturated heterocycles. The predicted octanol–water partition coefficient (Wildman–Crippen LogP) is -0.713. The standard InChI is InChI=1S/C10H16N2O4/c1-11-7(10(15)16-2)5-6-12-8(13)3-4-9(12)14/h7,11H,3-6H2,1-2H3. The van der Waals surface area contributed by atoms with Gasteiger partial charge in [0.1, 0.15) is 6.04 Å². The molecule has 90 valence electrons. The molecule has 1 fully saturated rings. The zero-order valence-corrected chi connectivity index (χ0v) is 9.49. The van der Waals surface area contributed by atoms with Crippen molar-refractivity contribution in [1.82, 2.24) is 10.2 Å². The number of hydrogen-bond donors (Lipinski definition) is 1. The fraction of sp³-hybridized carbons (Fsp3) is 0.700. The first-order chi connectivity index (χ1) is 7.60. The quantitative estimate of drug-likeness (QED) is 0.497. The van der Waals surface area contributed by atoms with Crippen molar-refractivity contribution in [2.75, 3.05) is 20.7 Å². The van der Waals surface area contributed by atoms with Gasteiger partial charge in [0.05, 0.1) is 7.11 Å². The third-order valence-corrected chi connectivity index (χ3v) is 2.63. The normalized spacial score (nSPS) is 17.8. The van der Waals surface area contributed by atoms with Crippen LogP contribution in [0.2, 0.25) is 0 Å². The van der Waals surface area contributed by atoms with E-state index < -0.39 is 6.04 Å². The smallest absolute Gasteiger partial charge is 0.322 e. The molecule has 0 bridgehead atoms. The van der Waals surface area contributed by atoms with Crippen molar-refractivity contribution in [3.05, 3.63) is 0 Å². The predicted molar refractivity (Wildman–Crippen MR) is 55.4 cm³/mol. The van der Waals surface area contributed by atoms with Gasteiger partial charge < -0.3 is 10.1 Å². The average Bonchev–Trinajstić information content (AvgIpc) is 2.60. The molecule has 1 N–H and O–H groups in total. The minimum Gasteiger partial charge on any atom is -0.468 e. The Kier molecular flexibility index (Phi) is 4.42. The summed E-state index contributed by atoms with van der Waals surface area (Å²) in [5.74, 6) is -0.712. The summed E-state index contributed by atoms with van der Waals surface area (Å²) in [5.41, 5.74) is 0. The highest BCUT2D eigenvalue weighted by molar-refractivity contribution is 6.01. The number of amides is 2. The fourth-order valence-electron chi connectivity index (χ4n) is 1.65. The molecule has 1 rings (SSSR count). The Labute approximate surface area is 93.9 Å². The number of hydrogen-bond acceptors (Lipinski definition) is 5. The van der Waals surface area contributed by atoms with E-state index in [9.17, 15) is 14.4 Å². The molecule has 0 aromatic carbocycles. The molecule has 16 heavy (non-hydrogen) atoms. The Morgan fingerprint density at radius 1 is 1.44 bits per heavy atom. The lowest BCUT2D eigenvalue weighted by atomic mass is 10.2. The number of nitrogens with one attached hydrogen (secondary N) is 1. The summed E-state index contributed by atoms with van der Waals surface area (Å²) < 4.78 is 4.58. The van der Waals surface area contributed by atoms with Gasteiger partial charge in [-0.05, 0) is 13.5 Å². The maximum atomic E-state index is 11.3. The van der Waals surface area contributed by atoms with Crippen molar-refractivity contribution in [2.45, 2.75) is 25.3 Å². The van der Waals surface area contributed by atoms with Gasteiger partial charge in [-0.15, -0.1) is 0 Å². The maximum Gasteiger partial charge on any atom is 0.322 e. The summed E-state index contributed by atoms with van der Waals surface area (Å²) >= 11 is 0. The zero-order chi connectivity index (χ0) is 12.1. The Morgan fingerprint density at radius 2 is 2.00 bits per heavy atom. The first-order valence-electron chi connectivity index (χ1n) is 5.18. The second-order valence-corrected chi connectivity index (χ2v) is 3.59. The molecule has 1 unspecified atom stereocenters. The lowest BCUT2D eigenvalue weighted by molar-refractivity contribution is -0.145. The summed E-state index contributed by atoms with van der Waals surface area (Å²) in [6, 6.07) is -0.480. The van der Waals surface area contributed by atoms with Gasteiger partial charge in [0.25, 0.3) is 0 Å². The van der Waals surface area contributed by atoms with E-state index in [-0.39, 0.29) is 37.2 Å². The van der Waals surface area contributed by atoms with Crippen LogP contribution in [0, 0.1) is 0 Å². The maximum absolute atomic E-state index is 11.3. The van der Waals surface area contributed by atoms with Crippen LogP contribution in [0.4, 0.5) is 0 Å². The number of carbonyl (C=O) groups is 3. The molecule has 1 heterocycles. The van der Waals surface area contributed by atoms with Crippen LogP contribution >= 0.6 is 0 Å². The largest absolute Gasteiger partial charge is 0.468 e. The molecule has 0 saturated carbocycles. The van der Waals surface area contributed by atoms with E-state index in [1.807, 2.05) is 0 Å². The molecule has 0 radical (unpaired) electrons. The van der Waals surface area contributed by atoms with Crippen molar-refractivity contribution >= 4 is 17.8 Å². The highest BCUT2D eigenvalue weighted by Crippen LogP contribution is 2.12. The van der Waals surface area contributed by atoms with Gasteiger partial charge in [0.15, 0.2) is 0 Å². The van der Waals surface area contributed by atoms with Gasteiger partial charge >= 0.3 is 5.97 Å². The van der Waals surface area contributed by atoms with E-state index in [0.29, 0.717) is 6.42 Å². The van der Waals surface area contributed by atoms with Gasteiger partial charge in [-0.2, -0.15) is 0 Å². The van der Waals surface area contributed by atoms with Crippen molar-refractivity contribution < 1.29 is 19.1 Å². The number of nitrogens with zero attached hydrogens (tertiary/aromatic N) is 1. The number of likely N-dealkylation sites (N-methyl/N-ethyl adjacent to an activating group) is 1. The first kappa shape index (κ1) is 12.6. The van der Waals surface area contributed by atoms with Gasteiger partial charge in [-0.3, -0.25) is 19.3 Å². The number of rotatable bonds is 5. The zero-order valence-electron chi connectivity index (χ0n) is 9.49. The Morgan fingerprint density at radius 3 is 2.44 bits per heavy atom. The third kappa shape index (κ3) is 2.79. The molecule has 0 aromatic heterocycles. The van der Waals surface area contributed by atoms with E-state index in [4.69, 9.17) is 0 Å². The number of ether oxygens (including phenoxy) is 1. The molecule has 0 aliphatic carbocycles. The minimum absolute atomic E-state index is 0.162. The first-order valence-corrected chi connectivity index (χ1v) is 5.18.